The van der Waals surface area contributed by atoms with Gasteiger partial charge in [-0.2, -0.15) is 0 Å². The highest BCUT2D eigenvalue weighted by atomic mass is 32.1. The number of amides is 2. The molecule has 124 valence electrons. The summed E-state index contributed by atoms with van der Waals surface area (Å²) in [5.41, 5.74) is 1.12. The Morgan fingerprint density at radius 1 is 1.30 bits per heavy atom. The lowest BCUT2D eigenvalue weighted by molar-refractivity contribution is 0.144. The molecule has 0 aliphatic heterocycles. The molecule has 0 bridgehead atoms. The number of methoxy groups -OCH3 is 1. The van der Waals surface area contributed by atoms with Crippen LogP contribution >= 0.6 is 11.3 Å². The van der Waals surface area contributed by atoms with Crippen molar-refractivity contribution < 1.29 is 14.6 Å². The van der Waals surface area contributed by atoms with Crippen LogP contribution in [0.4, 0.5) is 4.79 Å². The lowest BCUT2D eigenvalue weighted by Crippen LogP contribution is -2.40. The molecule has 1 atom stereocenters. The fourth-order valence-corrected chi connectivity index (χ4v) is 3.11. The topological polar surface area (TPSA) is 61.8 Å². The number of thiophene rings is 1. The fraction of sp³-hybridized carbons (Fsp3) is 0.353. The van der Waals surface area contributed by atoms with Gasteiger partial charge in [-0.15, -0.1) is 11.3 Å². The molecule has 2 amide bonds. The summed E-state index contributed by atoms with van der Waals surface area (Å²) < 4.78 is 5.16. The maximum Gasteiger partial charge on any atom is 0.317 e. The second-order valence-corrected chi connectivity index (χ2v) is 6.55. The first-order valence-electron chi connectivity index (χ1n) is 7.39. The van der Waals surface area contributed by atoms with Crippen molar-refractivity contribution in [3.05, 3.63) is 41.3 Å². The molecule has 5 nitrogen and oxygen atoms in total. The largest absolute Gasteiger partial charge is 0.497 e. The van der Waals surface area contributed by atoms with Crippen molar-refractivity contribution in [1.29, 1.82) is 0 Å². The molecule has 1 heterocycles. The van der Waals surface area contributed by atoms with Crippen LogP contribution in [0, 0.1) is 0 Å². The normalized spacial score (nSPS) is 11.8. The van der Waals surface area contributed by atoms with E-state index in [1.54, 1.807) is 32.4 Å². The van der Waals surface area contributed by atoms with E-state index in [0.29, 0.717) is 13.1 Å². The Hall–Kier alpha value is -2.05. The van der Waals surface area contributed by atoms with Gasteiger partial charge in [0.25, 0.3) is 0 Å². The number of aliphatic hydroxyl groups excluding tert-OH is 1. The molecule has 0 spiro atoms. The number of carbonyl (C=O) groups is 1. The predicted octanol–water partition coefficient (Wildman–Crippen LogP) is 2.95. The minimum atomic E-state index is -0.533. The number of aliphatic hydroxyl groups is 1. The zero-order chi connectivity index (χ0) is 16.8. The number of likely N-dealkylation sites (N-methyl/N-ethyl adjacent to an activating group) is 1. The number of nitrogens with zero attached hydrogens (tertiary/aromatic N) is 1. The minimum absolute atomic E-state index is 0.190. The van der Waals surface area contributed by atoms with E-state index in [1.807, 2.05) is 36.4 Å². The third kappa shape index (κ3) is 4.97. The molecule has 23 heavy (non-hydrogen) atoms. The van der Waals surface area contributed by atoms with E-state index in [2.05, 4.69) is 5.32 Å². The molecule has 2 rings (SSSR count). The van der Waals surface area contributed by atoms with Gasteiger partial charge in [0.15, 0.2) is 0 Å². The van der Waals surface area contributed by atoms with E-state index in [-0.39, 0.29) is 6.03 Å². The summed E-state index contributed by atoms with van der Waals surface area (Å²) in [7, 11) is 3.31. The highest BCUT2D eigenvalue weighted by molar-refractivity contribution is 7.15. The monoisotopic (exact) mass is 334 g/mol. The Morgan fingerprint density at radius 2 is 2.00 bits per heavy atom. The number of benzene rings is 1. The smallest absolute Gasteiger partial charge is 0.317 e. The number of hydrogen-bond acceptors (Lipinski definition) is 4. The van der Waals surface area contributed by atoms with Crippen LogP contribution in [0.2, 0.25) is 0 Å². The summed E-state index contributed by atoms with van der Waals surface area (Å²) in [6, 6.07) is 11.8. The second kappa shape index (κ2) is 7.99. The van der Waals surface area contributed by atoms with Crippen LogP contribution in [0.5, 0.6) is 5.75 Å². The van der Waals surface area contributed by atoms with Crippen molar-refractivity contribution in [2.45, 2.75) is 19.6 Å². The van der Waals surface area contributed by atoms with Gasteiger partial charge in [-0.1, -0.05) is 0 Å². The van der Waals surface area contributed by atoms with Crippen molar-refractivity contribution in [2.24, 2.45) is 0 Å². The van der Waals surface area contributed by atoms with Crippen molar-refractivity contribution in [3.8, 4) is 16.2 Å². The minimum Gasteiger partial charge on any atom is -0.497 e. The summed E-state index contributed by atoms with van der Waals surface area (Å²) >= 11 is 1.64. The second-order valence-electron chi connectivity index (χ2n) is 5.38. The lowest BCUT2D eigenvalue weighted by Gasteiger charge is -2.19. The van der Waals surface area contributed by atoms with Crippen LogP contribution in [0.15, 0.2) is 36.4 Å². The predicted molar refractivity (Wildman–Crippen MR) is 92.9 cm³/mol. The molecule has 2 aromatic rings. The van der Waals surface area contributed by atoms with Gasteiger partial charge < -0.3 is 20.1 Å². The molecule has 0 aliphatic rings. The Morgan fingerprint density at radius 3 is 2.61 bits per heavy atom. The van der Waals surface area contributed by atoms with Crippen molar-refractivity contribution >= 4 is 17.4 Å². The van der Waals surface area contributed by atoms with Crippen LogP contribution < -0.4 is 10.1 Å². The molecule has 0 radical (unpaired) electrons. The maximum atomic E-state index is 11.9. The number of ether oxygens (including phenoxy) is 1. The maximum absolute atomic E-state index is 11.9. The van der Waals surface area contributed by atoms with E-state index in [1.165, 1.54) is 4.90 Å². The van der Waals surface area contributed by atoms with Crippen LogP contribution in [0.25, 0.3) is 10.4 Å². The first-order chi connectivity index (χ1) is 11.0. The van der Waals surface area contributed by atoms with Gasteiger partial charge in [-0.05, 0) is 48.9 Å². The summed E-state index contributed by atoms with van der Waals surface area (Å²) in [6.07, 6.45) is -0.533. The standard InChI is InChI=1S/C17H22N2O3S/c1-12(20)11-19(2)17(21)18-10-15-8-9-16(23-15)13-4-6-14(22-3)7-5-13/h4-9,12,20H,10-11H2,1-3H3,(H,18,21). The van der Waals surface area contributed by atoms with Gasteiger partial charge >= 0.3 is 6.03 Å². The van der Waals surface area contributed by atoms with Crippen LogP contribution in [0.1, 0.15) is 11.8 Å². The van der Waals surface area contributed by atoms with Gasteiger partial charge in [0.2, 0.25) is 0 Å². The van der Waals surface area contributed by atoms with Crippen molar-refractivity contribution in [3.63, 3.8) is 0 Å². The highest BCUT2D eigenvalue weighted by Crippen LogP contribution is 2.29. The lowest BCUT2D eigenvalue weighted by atomic mass is 10.2. The quantitative estimate of drug-likeness (QED) is 0.854. The van der Waals surface area contributed by atoms with Gasteiger partial charge in [0.05, 0.1) is 19.8 Å². The molecular weight excluding hydrogens is 312 g/mol. The van der Waals surface area contributed by atoms with Gasteiger partial charge in [0.1, 0.15) is 5.75 Å². The average molecular weight is 334 g/mol. The highest BCUT2D eigenvalue weighted by Gasteiger charge is 2.11. The van der Waals surface area contributed by atoms with E-state index in [4.69, 9.17) is 4.74 Å². The SMILES string of the molecule is COc1ccc(-c2ccc(CNC(=O)N(C)CC(C)O)s2)cc1. The third-order valence-corrected chi connectivity index (χ3v) is 4.47. The summed E-state index contributed by atoms with van der Waals surface area (Å²) in [6.45, 7) is 2.45. The van der Waals surface area contributed by atoms with E-state index < -0.39 is 6.10 Å². The van der Waals surface area contributed by atoms with E-state index >= 15 is 0 Å². The van der Waals surface area contributed by atoms with Crippen LogP contribution in [-0.2, 0) is 6.54 Å². The molecule has 0 aliphatic carbocycles. The average Bonchev–Trinajstić information content (AvgIpc) is 3.01. The zero-order valence-corrected chi connectivity index (χ0v) is 14.4. The zero-order valence-electron chi connectivity index (χ0n) is 13.6. The van der Waals surface area contributed by atoms with E-state index in [0.717, 1.165) is 21.1 Å². The number of rotatable bonds is 6. The molecule has 1 aromatic carbocycles. The number of hydrogen-bond donors (Lipinski definition) is 2. The van der Waals surface area contributed by atoms with Gasteiger partial charge in [-0.25, -0.2) is 4.79 Å². The molecule has 0 saturated heterocycles. The van der Waals surface area contributed by atoms with Crippen molar-refractivity contribution in [1.82, 2.24) is 10.2 Å². The molecule has 0 fully saturated rings. The number of carbonyl (C=O) groups excluding carboxylic acids is 1. The third-order valence-electron chi connectivity index (χ3n) is 3.33. The molecule has 6 heteroatoms. The molecule has 2 N–H and O–H groups in total. The van der Waals surface area contributed by atoms with Gasteiger partial charge in [-0.3, -0.25) is 0 Å². The fourth-order valence-electron chi connectivity index (χ4n) is 2.16. The molecule has 1 unspecified atom stereocenters. The Labute approximate surface area is 140 Å². The number of urea groups is 1. The van der Waals surface area contributed by atoms with Gasteiger partial charge in [0, 0.05) is 23.3 Å². The Kier molecular flexibility index (Phi) is 6.01. The number of nitrogens with one attached hydrogen (secondary N) is 1. The summed E-state index contributed by atoms with van der Waals surface area (Å²) in [4.78, 5) is 15.6. The van der Waals surface area contributed by atoms with Crippen LogP contribution in [-0.4, -0.2) is 42.8 Å². The summed E-state index contributed by atoms with van der Waals surface area (Å²) in [5, 5.41) is 12.1. The molecular formula is C17H22N2O3S. The Bertz CT molecular complexity index is 638. The van der Waals surface area contributed by atoms with Crippen molar-refractivity contribution in [2.75, 3.05) is 20.7 Å². The first kappa shape index (κ1) is 17.3. The first-order valence-corrected chi connectivity index (χ1v) is 8.21. The molecule has 1 aromatic heterocycles. The van der Waals surface area contributed by atoms with E-state index in [9.17, 15) is 9.90 Å². The van der Waals surface area contributed by atoms with Crippen LogP contribution in [0.3, 0.4) is 0 Å². The molecule has 0 saturated carbocycles. The summed E-state index contributed by atoms with van der Waals surface area (Å²) in [5.74, 6) is 0.832. The Balaban J connectivity index is 1.93.